The largest absolute Gasteiger partial charge is 0.317 e. The monoisotopic (exact) mass is 289 g/mol. The Morgan fingerprint density at radius 1 is 1.24 bits per heavy atom. The van der Waals surface area contributed by atoms with Crippen LogP contribution in [0.3, 0.4) is 0 Å². The number of carbonyl (C=O) groups is 2. The number of para-hydroxylation sites is 2. The number of amides is 2. The molecule has 0 aliphatic carbocycles. The summed E-state index contributed by atoms with van der Waals surface area (Å²) in [4.78, 5) is 29.3. The van der Waals surface area contributed by atoms with Crippen molar-refractivity contribution in [3.05, 3.63) is 30.1 Å². The molecule has 21 heavy (non-hydrogen) atoms. The molecule has 0 radical (unpaired) electrons. The van der Waals surface area contributed by atoms with Crippen LogP contribution in [0.4, 0.5) is 0 Å². The van der Waals surface area contributed by atoms with Gasteiger partial charge in [-0.25, -0.2) is 4.98 Å². The Morgan fingerprint density at radius 2 is 1.95 bits per heavy atom. The highest BCUT2D eigenvalue weighted by Crippen LogP contribution is 2.16. The molecule has 0 aliphatic heterocycles. The number of imidazole rings is 1. The predicted molar refractivity (Wildman–Crippen MR) is 79.1 cm³/mol. The van der Waals surface area contributed by atoms with Crippen molar-refractivity contribution < 1.29 is 9.59 Å². The van der Waals surface area contributed by atoms with Crippen molar-refractivity contribution in [2.24, 2.45) is 0 Å². The summed E-state index contributed by atoms with van der Waals surface area (Å²) < 4.78 is 1.85. The fraction of sp³-hybridized carbons (Fsp3) is 0.357. The molecule has 1 aromatic carbocycles. The molecule has 1 heterocycles. The third-order valence-corrected chi connectivity index (χ3v) is 2.87. The molecule has 0 saturated heterocycles. The maximum atomic E-state index is 11.9. The predicted octanol–water partition coefficient (Wildman–Crippen LogP) is 0.265. The second-order valence-electron chi connectivity index (χ2n) is 5.07. The number of carbonyl (C=O) groups excluding carboxylic acids is 2. The lowest BCUT2D eigenvalue weighted by Gasteiger charge is -2.13. The molecule has 7 heteroatoms. The Balaban J connectivity index is 2.27. The smallest absolute Gasteiger partial charge is 0.258 e. The van der Waals surface area contributed by atoms with Crippen LogP contribution in [-0.4, -0.2) is 40.4 Å². The Labute approximate surface area is 122 Å². The molecule has 0 saturated carbocycles. The Hall–Kier alpha value is -2.41. The normalized spacial score (nSPS) is 10.9. The van der Waals surface area contributed by atoms with Crippen LogP contribution in [0.15, 0.2) is 24.3 Å². The Kier molecular flexibility index (Phi) is 4.54. The quantitative estimate of drug-likeness (QED) is 0.792. The van der Waals surface area contributed by atoms with Gasteiger partial charge in [0.2, 0.25) is 5.91 Å². The van der Waals surface area contributed by atoms with Crippen LogP contribution in [0.1, 0.15) is 12.7 Å². The molecule has 0 atom stereocenters. The van der Waals surface area contributed by atoms with Gasteiger partial charge in [0.15, 0.2) is 0 Å². The SMILES string of the molecule is CC(=O)NNC(=O)Cn1c(CN(C)C)nc2ccccc21. The van der Waals surface area contributed by atoms with Gasteiger partial charge in [0.1, 0.15) is 12.4 Å². The number of nitrogens with zero attached hydrogens (tertiary/aromatic N) is 3. The van der Waals surface area contributed by atoms with E-state index in [1.165, 1.54) is 6.92 Å². The zero-order valence-corrected chi connectivity index (χ0v) is 12.4. The zero-order valence-electron chi connectivity index (χ0n) is 12.4. The molecule has 0 bridgehead atoms. The molecule has 0 unspecified atom stereocenters. The molecule has 1 aromatic heterocycles. The molecule has 0 spiro atoms. The summed E-state index contributed by atoms with van der Waals surface area (Å²) in [5.41, 5.74) is 6.39. The van der Waals surface area contributed by atoms with E-state index in [0.717, 1.165) is 16.9 Å². The van der Waals surface area contributed by atoms with E-state index in [9.17, 15) is 9.59 Å². The highest BCUT2D eigenvalue weighted by molar-refractivity contribution is 5.83. The molecule has 2 aromatic rings. The van der Waals surface area contributed by atoms with Crippen LogP contribution in [0.25, 0.3) is 11.0 Å². The van der Waals surface area contributed by atoms with E-state index in [1.54, 1.807) is 0 Å². The third kappa shape index (κ3) is 3.79. The fourth-order valence-electron chi connectivity index (χ4n) is 2.05. The molecule has 2 amide bonds. The van der Waals surface area contributed by atoms with E-state index in [1.807, 2.05) is 47.8 Å². The van der Waals surface area contributed by atoms with Gasteiger partial charge in [-0.3, -0.25) is 20.4 Å². The minimum atomic E-state index is -0.313. The van der Waals surface area contributed by atoms with Gasteiger partial charge in [0.25, 0.3) is 5.91 Å². The zero-order chi connectivity index (χ0) is 15.4. The molecule has 2 N–H and O–H groups in total. The minimum Gasteiger partial charge on any atom is -0.317 e. The topological polar surface area (TPSA) is 79.3 Å². The highest BCUT2D eigenvalue weighted by atomic mass is 16.2. The lowest BCUT2D eigenvalue weighted by molar-refractivity contribution is -0.128. The lowest BCUT2D eigenvalue weighted by Crippen LogP contribution is -2.42. The van der Waals surface area contributed by atoms with Crippen LogP contribution in [0.5, 0.6) is 0 Å². The third-order valence-electron chi connectivity index (χ3n) is 2.87. The Bertz CT molecular complexity index is 662. The molecule has 0 fully saturated rings. The standard InChI is InChI=1S/C14H19N5O2/c1-10(20)16-17-14(21)9-19-12-7-5-4-6-11(12)15-13(19)8-18(2)3/h4-7H,8-9H2,1-3H3,(H,16,20)(H,17,21). The van der Waals surface area contributed by atoms with Crippen molar-refractivity contribution >= 4 is 22.8 Å². The van der Waals surface area contributed by atoms with Gasteiger partial charge >= 0.3 is 0 Å². The number of hydrazine groups is 1. The summed E-state index contributed by atoms with van der Waals surface area (Å²) in [6.07, 6.45) is 0. The van der Waals surface area contributed by atoms with Crippen molar-refractivity contribution in [1.29, 1.82) is 0 Å². The molecular formula is C14H19N5O2. The average Bonchev–Trinajstić information content (AvgIpc) is 2.74. The van der Waals surface area contributed by atoms with Crippen molar-refractivity contribution in [2.45, 2.75) is 20.0 Å². The second-order valence-corrected chi connectivity index (χ2v) is 5.07. The summed E-state index contributed by atoms with van der Waals surface area (Å²) in [5, 5.41) is 0. The number of hydrogen-bond donors (Lipinski definition) is 2. The van der Waals surface area contributed by atoms with Crippen LogP contribution in [0.2, 0.25) is 0 Å². The van der Waals surface area contributed by atoms with Gasteiger partial charge in [-0.15, -0.1) is 0 Å². The van der Waals surface area contributed by atoms with Crippen molar-refractivity contribution in [3.8, 4) is 0 Å². The second kappa shape index (κ2) is 6.36. The van der Waals surface area contributed by atoms with Crippen molar-refractivity contribution in [1.82, 2.24) is 25.3 Å². The van der Waals surface area contributed by atoms with E-state index in [4.69, 9.17) is 0 Å². The maximum absolute atomic E-state index is 11.9. The van der Waals surface area contributed by atoms with Gasteiger partial charge in [0, 0.05) is 6.92 Å². The highest BCUT2D eigenvalue weighted by Gasteiger charge is 2.14. The first-order valence-electron chi connectivity index (χ1n) is 6.61. The van der Waals surface area contributed by atoms with Crippen LogP contribution in [-0.2, 0) is 22.7 Å². The van der Waals surface area contributed by atoms with Crippen molar-refractivity contribution in [2.75, 3.05) is 14.1 Å². The summed E-state index contributed by atoms with van der Waals surface area (Å²) in [5.74, 6) is 0.194. The number of hydrogen-bond acceptors (Lipinski definition) is 4. The molecule has 2 rings (SSSR count). The number of rotatable bonds is 4. The summed E-state index contributed by atoms with van der Waals surface area (Å²) in [6, 6.07) is 7.66. The van der Waals surface area contributed by atoms with E-state index in [-0.39, 0.29) is 18.4 Å². The van der Waals surface area contributed by atoms with Gasteiger partial charge in [-0.05, 0) is 26.2 Å². The van der Waals surface area contributed by atoms with Crippen LogP contribution in [0, 0.1) is 0 Å². The average molecular weight is 289 g/mol. The van der Waals surface area contributed by atoms with E-state index in [0.29, 0.717) is 6.54 Å². The van der Waals surface area contributed by atoms with Gasteiger partial charge in [-0.2, -0.15) is 0 Å². The minimum absolute atomic E-state index is 0.101. The number of fused-ring (bicyclic) bond motifs is 1. The molecular weight excluding hydrogens is 270 g/mol. The number of nitrogens with one attached hydrogen (secondary N) is 2. The molecule has 0 aliphatic rings. The maximum Gasteiger partial charge on any atom is 0.258 e. The summed E-state index contributed by atoms with van der Waals surface area (Å²) in [7, 11) is 3.89. The first-order chi connectivity index (χ1) is 9.97. The van der Waals surface area contributed by atoms with E-state index in [2.05, 4.69) is 15.8 Å². The first kappa shape index (κ1) is 15.0. The van der Waals surface area contributed by atoms with Gasteiger partial charge in [0.05, 0.1) is 17.6 Å². The van der Waals surface area contributed by atoms with E-state index < -0.39 is 0 Å². The summed E-state index contributed by atoms with van der Waals surface area (Å²) >= 11 is 0. The number of benzene rings is 1. The molecule has 7 nitrogen and oxygen atoms in total. The molecule has 112 valence electrons. The van der Waals surface area contributed by atoms with Gasteiger partial charge in [-0.1, -0.05) is 12.1 Å². The van der Waals surface area contributed by atoms with Crippen LogP contribution < -0.4 is 10.9 Å². The van der Waals surface area contributed by atoms with Gasteiger partial charge < -0.3 is 9.47 Å². The van der Waals surface area contributed by atoms with Crippen molar-refractivity contribution in [3.63, 3.8) is 0 Å². The lowest BCUT2D eigenvalue weighted by atomic mass is 10.3. The summed E-state index contributed by atoms with van der Waals surface area (Å²) in [6.45, 7) is 2.07. The number of aromatic nitrogens is 2. The fourth-order valence-corrected chi connectivity index (χ4v) is 2.05. The van der Waals surface area contributed by atoms with Crippen LogP contribution >= 0.6 is 0 Å². The first-order valence-corrected chi connectivity index (χ1v) is 6.61. The van der Waals surface area contributed by atoms with E-state index >= 15 is 0 Å². The Morgan fingerprint density at radius 3 is 2.62 bits per heavy atom.